The van der Waals surface area contributed by atoms with Crippen LogP contribution in [0.5, 0.6) is 11.5 Å². The van der Waals surface area contributed by atoms with Crippen LogP contribution in [-0.2, 0) is 6.61 Å². The van der Waals surface area contributed by atoms with E-state index in [4.69, 9.17) is 9.47 Å². The largest absolute Gasteiger partial charge is 0.493 e. The monoisotopic (exact) mass is 336 g/mol. The van der Waals surface area contributed by atoms with E-state index in [0.717, 1.165) is 5.56 Å². The fraction of sp³-hybridized carbons (Fsp3) is 0.211. The molecule has 3 aromatic rings. The summed E-state index contributed by atoms with van der Waals surface area (Å²) in [5.41, 5.74) is 4.49. The van der Waals surface area contributed by atoms with Crippen molar-refractivity contribution in [3.05, 3.63) is 71.3 Å². The minimum Gasteiger partial charge on any atom is -0.493 e. The van der Waals surface area contributed by atoms with Crippen molar-refractivity contribution in [2.24, 2.45) is 5.10 Å². The third-order valence-corrected chi connectivity index (χ3v) is 3.82. The molecule has 128 valence electrons. The molecule has 0 saturated heterocycles. The Balaban J connectivity index is 1.74. The summed E-state index contributed by atoms with van der Waals surface area (Å²) in [7, 11) is 1.63. The quantitative estimate of drug-likeness (QED) is 0.648. The topological polar surface area (TPSA) is 61.5 Å². The van der Waals surface area contributed by atoms with Gasteiger partial charge >= 0.3 is 0 Å². The van der Waals surface area contributed by atoms with Crippen LogP contribution in [0.3, 0.4) is 0 Å². The standard InChI is InChI=1S/C19H20N4O2/c1-14-4-5-15(2)17(8-14)11-25-18-7-6-16(9-19(18)24-3)10-22-23-12-20-21-13-23/h4-10,12-13H,11H2,1-3H3/b22-10-. The van der Waals surface area contributed by atoms with E-state index in [9.17, 15) is 0 Å². The van der Waals surface area contributed by atoms with E-state index in [1.165, 1.54) is 34.0 Å². The number of ether oxygens (including phenoxy) is 2. The second-order valence-electron chi connectivity index (χ2n) is 5.72. The number of nitrogens with zero attached hydrogens (tertiary/aromatic N) is 4. The normalized spacial score (nSPS) is 11.0. The molecule has 6 heteroatoms. The van der Waals surface area contributed by atoms with Gasteiger partial charge in [0.2, 0.25) is 0 Å². The smallest absolute Gasteiger partial charge is 0.161 e. The molecule has 0 aliphatic rings. The van der Waals surface area contributed by atoms with Crippen LogP contribution in [0.15, 0.2) is 54.2 Å². The summed E-state index contributed by atoms with van der Waals surface area (Å²) in [6.45, 7) is 4.66. The van der Waals surface area contributed by atoms with E-state index >= 15 is 0 Å². The maximum atomic E-state index is 5.96. The third kappa shape index (κ3) is 4.23. The van der Waals surface area contributed by atoms with Gasteiger partial charge in [0.1, 0.15) is 19.3 Å². The molecule has 1 aromatic heterocycles. The van der Waals surface area contributed by atoms with Gasteiger partial charge < -0.3 is 9.47 Å². The molecular weight excluding hydrogens is 316 g/mol. The van der Waals surface area contributed by atoms with Crippen LogP contribution in [0.2, 0.25) is 0 Å². The maximum Gasteiger partial charge on any atom is 0.161 e. The molecule has 25 heavy (non-hydrogen) atoms. The lowest BCUT2D eigenvalue weighted by molar-refractivity contribution is 0.284. The molecule has 0 unspecified atom stereocenters. The first-order valence-electron chi connectivity index (χ1n) is 7.91. The molecule has 0 aliphatic heterocycles. The lowest BCUT2D eigenvalue weighted by atomic mass is 10.1. The number of aromatic nitrogens is 3. The number of rotatable bonds is 6. The lowest BCUT2D eigenvalue weighted by Gasteiger charge is -2.13. The molecule has 0 N–H and O–H groups in total. The Labute approximate surface area is 146 Å². The summed E-state index contributed by atoms with van der Waals surface area (Å²) in [6, 6.07) is 12.0. The van der Waals surface area contributed by atoms with Crippen molar-refractivity contribution in [3.8, 4) is 11.5 Å². The van der Waals surface area contributed by atoms with Crippen LogP contribution in [-0.4, -0.2) is 28.2 Å². The molecule has 0 amide bonds. The first-order chi connectivity index (χ1) is 12.2. The minimum atomic E-state index is 0.498. The summed E-state index contributed by atoms with van der Waals surface area (Å²) in [6.07, 6.45) is 4.76. The second-order valence-corrected chi connectivity index (χ2v) is 5.72. The van der Waals surface area contributed by atoms with Crippen molar-refractivity contribution in [3.63, 3.8) is 0 Å². The molecule has 2 aromatic carbocycles. The Morgan fingerprint density at radius 1 is 1.04 bits per heavy atom. The molecule has 0 spiro atoms. The zero-order valence-corrected chi connectivity index (χ0v) is 14.5. The highest BCUT2D eigenvalue weighted by Crippen LogP contribution is 2.28. The van der Waals surface area contributed by atoms with E-state index in [1.807, 2.05) is 18.2 Å². The highest BCUT2D eigenvalue weighted by Gasteiger charge is 2.07. The highest BCUT2D eigenvalue weighted by atomic mass is 16.5. The molecule has 1 heterocycles. The van der Waals surface area contributed by atoms with Crippen LogP contribution in [0, 0.1) is 13.8 Å². The van der Waals surface area contributed by atoms with Crippen molar-refractivity contribution in [2.75, 3.05) is 7.11 Å². The molecule has 0 saturated carbocycles. The van der Waals surface area contributed by atoms with E-state index < -0.39 is 0 Å². The number of hydrogen-bond acceptors (Lipinski definition) is 5. The molecule has 3 rings (SSSR count). The van der Waals surface area contributed by atoms with Crippen LogP contribution in [0.1, 0.15) is 22.3 Å². The van der Waals surface area contributed by atoms with E-state index in [-0.39, 0.29) is 0 Å². The van der Waals surface area contributed by atoms with E-state index in [2.05, 4.69) is 47.3 Å². The number of benzene rings is 2. The van der Waals surface area contributed by atoms with Gasteiger partial charge in [-0.1, -0.05) is 23.8 Å². The van der Waals surface area contributed by atoms with Crippen molar-refractivity contribution in [1.29, 1.82) is 0 Å². The summed E-state index contributed by atoms with van der Waals surface area (Å²) in [5, 5.41) is 11.6. The Morgan fingerprint density at radius 2 is 1.84 bits per heavy atom. The molecule has 0 atom stereocenters. The van der Waals surface area contributed by atoms with Crippen LogP contribution in [0.4, 0.5) is 0 Å². The van der Waals surface area contributed by atoms with E-state index in [0.29, 0.717) is 18.1 Å². The van der Waals surface area contributed by atoms with Gasteiger partial charge in [-0.15, -0.1) is 10.2 Å². The summed E-state index contributed by atoms with van der Waals surface area (Å²) < 4.78 is 12.9. The molecule has 6 nitrogen and oxygen atoms in total. The highest BCUT2D eigenvalue weighted by molar-refractivity contribution is 5.80. The Morgan fingerprint density at radius 3 is 2.60 bits per heavy atom. The van der Waals surface area contributed by atoms with Gasteiger partial charge in [-0.25, -0.2) is 4.68 Å². The number of aryl methyl sites for hydroxylation is 2. The summed E-state index contributed by atoms with van der Waals surface area (Å²) in [5.74, 6) is 1.36. The Bertz CT molecular complexity index is 873. The van der Waals surface area contributed by atoms with Crippen LogP contribution >= 0.6 is 0 Å². The minimum absolute atomic E-state index is 0.498. The van der Waals surface area contributed by atoms with Gasteiger partial charge in [0.05, 0.1) is 13.3 Å². The Hall–Kier alpha value is -3.15. The van der Waals surface area contributed by atoms with Gasteiger partial charge in [0.25, 0.3) is 0 Å². The summed E-state index contributed by atoms with van der Waals surface area (Å²) in [4.78, 5) is 0. The van der Waals surface area contributed by atoms with E-state index in [1.54, 1.807) is 13.3 Å². The van der Waals surface area contributed by atoms with Crippen molar-refractivity contribution in [1.82, 2.24) is 14.9 Å². The summed E-state index contributed by atoms with van der Waals surface area (Å²) >= 11 is 0. The zero-order valence-electron chi connectivity index (χ0n) is 14.5. The SMILES string of the molecule is COc1cc(/C=N\n2cnnc2)ccc1OCc1cc(C)ccc1C. The predicted octanol–water partition coefficient (Wildman–Crippen LogP) is 3.36. The van der Waals surface area contributed by atoms with Crippen molar-refractivity contribution >= 4 is 6.21 Å². The third-order valence-electron chi connectivity index (χ3n) is 3.82. The first kappa shape index (κ1) is 16.7. The van der Waals surface area contributed by atoms with Gasteiger partial charge in [0, 0.05) is 0 Å². The number of hydrogen-bond donors (Lipinski definition) is 0. The molecule has 0 radical (unpaired) electrons. The first-order valence-corrected chi connectivity index (χ1v) is 7.91. The van der Waals surface area contributed by atoms with Gasteiger partial charge in [0.15, 0.2) is 11.5 Å². The van der Waals surface area contributed by atoms with Crippen molar-refractivity contribution in [2.45, 2.75) is 20.5 Å². The average molecular weight is 336 g/mol. The maximum absolute atomic E-state index is 5.96. The molecule has 0 aliphatic carbocycles. The number of methoxy groups -OCH3 is 1. The predicted molar refractivity (Wildman–Crippen MR) is 96.3 cm³/mol. The van der Waals surface area contributed by atoms with Crippen molar-refractivity contribution < 1.29 is 9.47 Å². The fourth-order valence-electron chi connectivity index (χ4n) is 2.38. The average Bonchev–Trinajstić information content (AvgIpc) is 3.14. The zero-order chi connectivity index (χ0) is 17.6. The van der Waals surface area contributed by atoms with Crippen LogP contribution < -0.4 is 9.47 Å². The van der Waals surface area contributed by atoms with Gasteiger partial charge in [-0.2, -0.15) is 5.10 Å². The van der Waals surface area contributed by atoms with Gasteiger partial charge in [-0.05, 0) is 48.7 Å². The molecular formula is C19H20N4O2. The molecule has 0 fully saturated rings. The lowest BCUT2D eigenvalue weighted by Crippen LogP contribution is -2.00. The van der Waals surface area contributed by atoms with Gasteiger partial charge in [-0.3, -0.25) is 0 Å². The fourth-order valence-corrected chi connectivity index (χ4v) is 2.38. The molecule has 0 bridgehead atoms. The van der Waals surface area contributed by atoms with Crippen LogP contribution in [0.25, 0.3) is 0 Å². The Kier molecular flexibility index (Phi) is 5.09. The second kappa shape index (κ2) is 7.61.